The molecule has 2 rings (SSSR count). The van der Waals surface area contributed by atoms with Gasteiger partial charge in [-0.1, -0.05) is 15.9 Å². The summed E-state index contributed by atoms with van der Waals surface area (Å²) in [6, 6.07) is 7.22. The lowest BCUT2D eigenvalue weighted by molar-refractivity contribution is 0.0342. The van der Waals surface area contributed by atoms with E-state index in [9.17, 15) is 4.79 Å². The Morgan fingerprint density at radius 1 is 1.50 bits per heavy atom. The number of hydroxylamine groups is 1. The number of carbonyl (C=O) groups excluding carboxylic acids is 1. The molecule has 4 nitrogen and oxygen atoms in total. The highest BCUT2D eigenvalue weighted by Crippen LogP contribution is 2.23. The smallest absolute Gasteiger partial charge is 0.310 e. The molecular formula is C11H10BrNO3. The summed E-state index contributed by atoms with van der Waals surface area (Å²) in [4.78, 5) is 16.3. The Labute approximate surface area is 101 Å². The molecule has 2 aromatic rings. The normalized spacial score (nSPS) is 10.6. The molecule has 16 heavy (non-hydrogen) atoms. The molecule has 1 amide bonds. The van der Waals surface area contributed by atoms with Gasteiger partial charge in [-0.05, 0) is 31.2 Å². The molecule has 0 radical (unpaired) electrons. The topological polar surface area (TPSA) is 51.5 Å². The van der Waals surface area contributed by atoms with E-state index in [1.165, 1.54) is 0 Å². The van der Waals surface area contributed by atoms with E-state index in [1.807, 2.05) is 12.1 Å². The standard InChI is InChI=1S/C11H10BrNO3/c1-2-15-13-11(14)10-6-7-5-8(12)3-4-9(7)16-10/h3-6H,2H2,1H3,(H,13,14). The zero-order chi connectivity index (χ0) is 11.5. The van der Waals surface area contributed by atoms with Crippen molar-refractivity contribution in [3.05, 3.63) is 34.5 Å². The molecule has 0 spiro atoms. The monoisotopic (exact) mass is 283 g/mol. The molecule has 0 aliphatic heterocycles. The Bertz CT molecular complexity index is 521. The Morgan fingerprint density at radius 2 is 2.31 bits per heavy atom. The number of carbonyl (C=O) groups is 1. The van der Waals surface area contributed by atoms with Crippen LogP contribution in [0, 0.1) is 0 Å². The molecule has 1 heterocycles. The molecule has 0 fully saturated rings. The van der Waals surface area contributed by atoms with E-state index in [2.05, 4.69) is 21.4 Å². The van der Waals surface area contributed by atoms with Crippen LogP contribution in [-0.2, 0) is 4.84 Å². The third kappa shape index (κ3) is 2.25. The molecule has 84 valence electrons. The quantitative estimate of drug-likeness (QED) is 0.882. The number of hydrogen-bond acceptors (Lipinski definition) is 3. The Hall–Kier alpha value is -1.33. The fraction of sp³-hybridized carbons (Fsp3) is 0.182. The maximum atomic E-state index is 11.5. The number of halogens is 1. The largest absolute Gasteiger partial charge is 0.451 e. The number of amides is 1. The van der Waals surface area contributed by atoms with Gasteiger partial charge in [0.25, 0.3) is 0 Å². The summed E-state index contributed by atoms with van der Waals surface area (Å²) in [6.07, 6.45) is 0. The zero-order valence-corrected chi connectivity index (χ0v) is 10.2. The van der Waals surface area contributed by atoms with Crippen LogP contribution in [0.1, 0.15) is 17.5 Å². The summed E-state index contributed by atoms with van der Waals surface area (Å²) in [5, 5.41) is 0.871. The second kappa shape index (κ2) is 4.67. The average molecular weight is 284 g/mol. The van der Waals surface area contributed by atoms with Crippen molar-refractivity contribution in [3.8, 4) is 0 Å². The average Bonchev–Trinajstić information content (AvgIpc) is 2.68. The van der Waals surface area contributed by atoms with E-state index in [0.29, 0.717) is 12.2 Å². The lowest BCUT2D eigenvalue weighted by atomic mass is 10.2. The number of furan rings is 1. The number of hydrogen-bond donors (Lipinski definition) is 1. The number of benzene rings is 1. The lowest BCUT2D eigenvalue weighted by Gasteiger charge is -1.99. The van der Waals surface area contributed by atoms with E-state index in [1.54, 1.807) is 19.1 Å². The van der Waals surface area contributed by atoms with Crippen molar-refractivity contribution >= 4 is 32.8 Å². The number of fused-ring (bicyclic) bond motifs is 1. The highest BCUT2D eigenvalue weighted by molar-refractivity contribution is 9.10. The van der Waals surface area contributed by atoms with Crippen molar-refractivity contribution in [3.63, 3.8) is 0 Å². The molecule has 0 saturated carbocycles. The van der Waals surface area contributed by atoms with Gasteiger partial charge in [-0.15, -0.1) is 0 Å². The molecule has 1 N–H and O–H groups in total. The van der Waals surface area contributed by atoms with Crippen LogP contribution in [0.2, 0.25) is 0 Å². The molecule has 0 bridgehead atoms. The van der Waals surface area contributed by atoms with Crippen molar-refractivity contribution < 1.29 is 14.0 Å². The van der Waals surface area contributed by atoms with Crippen LogP contribution >= 0.6 is 15.9 Å². The van der Waals surface area contributed by atoms with Crippen molar-refractivity contribution in [2.75, 3.05) is 6.61 Å². The van der Waals surface area contributed by atoms with Crippen LogP contribution < -0.4 is 5.48 Å². The maximum Gasteiger partial charge on any atom is 0.310 e. The van der Waals surface area contributed by atoms with Gasteiger partial charge in [-0.2, -0.15) is 0 Å². The predicted molar refractivity (Wildman–Crippen MR) is 63.0 cm³/mol. The lowest BCUT2D eigenvalue weighted by Crippen LogP contribution is -2.22. The summed E-state index contributed by atoms with van der Waals surface area (Å²) in [5.41, 5.74) is 2.95. The van der Waals surface area contributed by atoms with Gasteiger partial charge < -0.3 is 4.42 Å². The minimum absolute atomic E-state index is 0.238. The van der Waals surface area contributed by atoms with Crippen LogP contribution in [0.3, 0.4) is 0 Å². The molecule has 0 unspecified atom stereocenters. The summed E-state index contributed by atoms with van der Waals surface area (Å²) < 4.78 is 6.31. The van der Waals surface area contributed by atoms with Gasteiger partial charge in [0, 0.05) is 9.86 Å². The summed E-state index contributed by atoms with van der Waals surface area (Å²) in [7, 11) is 0. The van der Waals surface area contributed by atoms with Crippen molar-refractivity contribution in [1.82, 2.24) is 5.48 Å². The Morgan fingerprint density at radius 3 is 3.06 bits per heavy atom. The molecule has 1 aromatic carbocycles. The SMILES string of the molecule is CCONC(=O)c1cc2cc(Br)ccc2o1. The number of rotatable bonds is 3. The fourth-order valence-electron chi connectivity index (χ4n) is 1.31. The van der Waals surface area contributed by atoms with Gasteiger partial charge in [0.05, 0.1) is 6.61 Å². The summed E-state index contributed by atoms with van der Waals surface area (Å²) in [5.74, 6) is -0.143. The van der Waals surface area contributed by atoms with Crippen LogP contribution in [0.4, 0.5) is 0 Å². The molecule has 0 atom stereocenters. The molecule has 0 saturated heterocycles. The van der Waals surface area contributed by atoms with Gasteiger partial charge >= 0.3 is 5.91 Å². The molecule has 5 heteroatoms. The van der Waals surface area contributed by atoms with Gasteiger partial charge in [0.15, 0.2) is 5.76 Å². The van der Waals surface area contributed by atoms with E-state index in [0.717, 1.165) is 9.86 Å². The second-order valence-electron chi connectivity index (χ2n) is 3.16. The maximum absolute atomic E-state index is 11.5. The Balaban J connectivity index is 2.28. The molecule has 1 aromatic heterocycles. The van der Waals surface area contributed by atoms with Crippen molar-refractivity contribution in [2.45, 2.75) is 6.92 Å². The predicted octanol–water partition coefficient (Wildman–Crippen LogP) is 2.88. The zero-order valence-electron chi connectivity index (χ0n) is 8.62. The van der Waals surface area contributed by atoms with E-state index in [4.69, 9.17) is 9.25 Å². The molecule has 0 aliphatic rings. The van der Waals surface area contributed by atoms with Crippen molar-refractivity contribution in [2.24, 2.45) is 0 Å². The first-order valence-electron chi connectivity index (χ1n) is 4.82. The second-order valence-corrected chi connectivity index (χ2v) is 4.07. The first kappa shape index (κ1) is 11.2. The molecular weight excluding hydrogens is 274 g/mol. The minimum Gasteiger partial charge on any atom is -0.451 e. The fourth-order valence-corrected chi connectivity index (χ4v) is 1.69. The van der Waals surface area contributed by atoms with E-state index in [-0.39, 0.29) is 11.7 Å². The van der Waals surface area contributed by atoms with E-state index >= 15 is 0 Å². The van der Waals surface area contributed by atoms with Gasteiger partial charge in [0.1, 0.15) is 5.58 Å². The highest BCUT2D eigenvalue weighted by Gasteiger charge is 2.11. The first-order chi connectivity index (χ1) is 7.70. The van der Waals surface area contributed by atoms with Gasteiger partial charge in [0.2, 0.25) is 0 Å². The van der Waals surface area contributed by atoms with Crippen LogP contribution in [0.5, 0.6) is 0 Å². The van der Waals surface area contributed by atoms with Crippen LogP contribution in [0.25, 0.3) is 11.0 Å². The third-order valence-electron chi connectivity index (χ3n) is 2.01. The minimum atomic E-state index is -0.380. The first-order valence-corrected chi connectivity index (χ1v) is 5.61. The molecule has 0 aliphatic carbocycles. The summed E-state index contributed by atoms with van der Waals surface area (Å²) in [6.45, 7) is 2.20. The van der Waals surface area contributed by atoms with Crippen molar-refractivity contribution in [1.29, 1.82) is 0 Å². The van der Waals surface area contributed by atoms with Gasteiger partial charge in [-0.25, -0.2) is 5.48 Å². The Kier molecular flexibility index (Phi) is 3.26. The van der Waals surface area contributed by atoms with Gasteiger partial charge in [-0.3, -0.25) is 9.63 Å². The summed E-state index contributed by atoms with van der Waals surface area (Å²) >= 11 is 3.35. The van der Waals surface area contributed by atoms with E-state index < -0.39 is 0 Å². The van der Waals surface area contributed by atoms with Crippen LogP contribution in [-0.4, -0.2) is 12.5 Å². The number of nitrogens with one attached hydrogen (secondary N) is 1. The third-order valence-corrected chi connectivity index (χ3v) is 2.50. The van der Waals surface area contributed by atoms with Crippen LogP contribution in [0.15, 0.2) is 33.2 Å². The highest BCUT2D eigenvalue weighted by atomic mass is 79.9.